The minimum Gasteiger partial charge on any atom is -0.262 e. The van der Waals surface area contributed by atoms with Gasteiger partial charge in [-0.3, -0.25) is 10.0 Å². The Morgan fingerprint density at radius 3 is 1.88 bits per heavy atom. The summed E-state index contributed by atoms with van der Waals surface area (Å²) >= 11 is 1.66. The molecular formula is C21H20N4S. The molecule has 0 atom stereocenters. The van der Waals surface area contributed by atoms with Crippen LogP contribution in [-0.4, -0.2) is 23.9 Å². The maximum absolute atomic E-state index is 4.90. The van der Waals surface area contributed by atoms with Crippen LogP contribution in [-0.2, 0) is 0 Å². The van der Waals surface area contributed by atoms with E-state index < -0.39 is 0 Å². The van der Waals surface area contributed by atoms with Gasteiger partial charge in [0.25, 0.3) is 0 Å². The molecule has 0 bridgehead atoms. The smallest absolute Gasteiger partial charge is 0.206 e. The zero-order valence-corrected chi connectivity index (χ0v) is 15.4. The first-order valence-electron chi connectivity index (χ1n) is 8.51. The summed E-state index contributed by atoms with van der Waals surface area (Å²) in [7, 11) is 2.06. The van der Waals surface area contributed by atoms with Crippen molar-refractivity contribution in [3.8, 4) is 0 Å². The van der Waals surface area contributed by atoms with Crippen molar-refractivity contribution in [3.63, 3.8) is 0 Å². The SMILES string of the molecule is CN1C(Sc2ccccc2)=NN(c2ccccc2)CN1c1ccccc1. The van der Waals surface area contributed by atoms with E-state index in [9.17, 15) is 0 Å². The van der Waals surface area contributed by atoms with Gasteiger partial charge in [-0.2, -0.15) is 0 Å². The summed E-state index contributed by atoms with van der Waals surface area (Å²) in [4.78, 5) is 1.17. The molecule has 1 aliphatic rings. The first-order chi connectivity index (χ1) is 12.8. The predicted molar refractivity (Wildman–Crippen MR) is 110 cm³/mol. The van der Waals surface area contributed by atoms with Gasteiger partial charge in [-0.1, -0.05) is 54.6 Å². The Morgan fingerprint density at radius 1 is 0.731 bits per heavy atom. The van der Waals surface area contributed by atoms with Gasteiger partial charge in [-0.25, -0.2) is 5.01 Å². The van der Waals surface area contributed by atoms with Gasteiger partial charge in [0.1, 0.15) is 6.67 Å². The van der Waals surface area contributed by atoms with E-state index in [2.05, 4.69) is 77.7 Å². The lowest BCUT2D eigenvalue weighted by Gasteiger charge is -2.42. The molecule has 0 saturated heterocycles. The van der Waals surface area contributed by atoms with Gasteiger partial charge in [0.2, 0.25) is 5.17 Å². The van der Waals surface area contributed by atoms with E-state index in [-0.39, 0.29) is 0 Å². The van der Waals surface area contributed by atoms with E-state index in [1.165, 1.54) is 4.90 Å². The largest absolute Gasteiger partial charge is 0.262 e. The second-order valence-corrected chi connectivity index (χ2v) is 6.97. The fourth-order valence-electron chi connectivity index (χ4n) is 2.80. The molecule has 0 aliphatic carbocycles. The van der Waals surface area contributed by atoms with Crippen molar-refractivity contribution < 1.29 is 0 Å². The van der Waals surface area contributed by atoms with Crippen molar-refractivity contribution in [1.82, 2.24) is 5.01 Å². The average Bonchev–Trinajstić information content (AvgIpc) is 2.71. The number of thioether (sulfide) groups is 1. The molecule has 3 aromatic rings. The van der Waals surface area contributed by atoms with E-state index >= 15 is 0 Å². The van der Waals surface area contributed by atoms with Gasteiger partial charge >= 0.3 is 0 Å². The van der Waals surface area contributed by atoms with Crippen LogP contribution < -0.4 is 10.0 Å². The Bertz CT molecular complexity index is 868. The maximum atomic E-state index is 4.90. The van der Waals surface area contributed by atoms with Crippen molar-refractivity contribution in [1.29, 1.82) is 0 Å². The number of hydrazine groups is 1. The van der Waals surface area contributed by atoms with Crippen LogP contribution in [0.1, 0.15) is 0 Å². The van der Waals surface area contributed by atoms with E-state index in [0.717, 1.165) is 16.5 Å². The monoisotopic (exact) mass is 360 g/mol. The molecule has 130 valence electrons. The third-order valence-electron chi connectivity index (χ3n) is 4.17. The fourth-order valence-corrected chi connectivity index (χ4v) is 3.67. The second-order valence-electron chi connectivity index (χ2n) is 5.93. The molecule has 0 radical (unpaired) electrons. The lowest BCUT2D eigenvalue weighted by molar-refractivity contribution is 0.435. The molecule has 0 amide bonds. The number of para-hydroxylation sites is 2. The number of amidine groups is 1. The number of nitrogens with zero attached hydrogens (tertiary/aromatic N) is 4. The van der Waals surface area contributed by atoms with Gasteiger partial charge < -0.3 is 0 Å². The highest BCUT2D eigenvalue weighted by Crippen LogP contribution is 2.29. The topological polar surface area (TPSA) is 22.1 Å². The Kier molecular flexibility index (Phi) is 4.80. The summed E-state index contributed by atoms with van der Waals surface area (Å²) in [6, 6.07) is 31.0. The normalized spacial score (nSPS) is 14.3. The van der Waals surface area contributed by atoms with Crippen LogP contribution in [0.5, 0.6) is 0 Å². The van der Waals surface area contributed by atoms with E-state index in [4.69, 9.17) is 5.10 Å². The van der Waals surface area contributed by atoms with Gasteiger partial charge in [0, 0.05) is 11.9 Å². The summed E-state index contributed by atoms with van der Waals surface area (Å²) in [6.45, 7) is 0.656. The van der Waals surface area contributed by atoms with Crippen molar-refractivity contribution in [2.24, 2.45) is 5.10 Å². The number of hydrogen-bond donors (Lipinski definition) is 0. The minimum absolute atomic E-state index is 0.656. The van der Waals surface area contributed by atoms with Crippen LogP contribution >= 0.6 is 11.8 Å². The van der Waals surface area contributed by atoms with E-state index in [1.807, 2.05) is 35.3 Å². The number of anilines is 2. The third-order valence-corrected chi connectivity index (χ3v) is 5.21. The standard InChI is InChI=1S/C21H20N4S/c1-23-21(26-20-15-9-4-10-16-20)22-24(18-11-5-2-6-12-18)17-25(23)19-13-7-3-8-14-19/h2-16H,17H2,1H3. The van der Waals surface area contributed by atoms with Crippen LogP contribution in [0.4, 0.5) is 11.4 Å². The molecule has 1 aliphatic heterocycles. The number of hydrazone groups is 1. The first kappa shape index (κ1) is 16.5. The Labute approximate surface area is 158 Å². The van der Waals surface area contributed by atoms with Crippen molar-refractivity contribution in [2.75, 3.05) is 23.7 Å². The molecule has 0 N–H and O–H groups in total. The molecule has 0 spiro atoms. The minimum atomic E-state index is 0.656. The molecule has 0 saturated carbocycles. The molecule has 26 heavy (non-hydrogen) atoms. The molecule has 0 fully saturated rings. The van der Waals surface area contributed by atoms with Crippen LogP contribution in [0.3, 0.4) is 0 Å². The number of hydrogen-bond acceptors (Lipinski definition) is 5. The summed E-state index contributed by atoms with van der Waals surface area (Å²) in [5, 5.41) is 12.2. The zero-order chi connectivity index (χ0) is 17.8. The van der Waals surface area contributed by atoms with Crippen molar-refractivity contribution >= 4 is 28.3 Å². The highest BCUT2D eigenvalue weighted by molar-refractivity contribution is 8.13. The molecule has 0 unspecified atom stereocenters. The number of rotatable bonds is 3. The van der Waals surface area contributed by atoms with Crippen LogP contribution in [0.15, 0.2) is 101 Å². The highest BCUT2D eigenvalue weighted by Gasteiger charge is 2.26. The van der Waals surface area contributed by atoms with Crippen molar-refractivity contribution in [3.05, 3.63) is 91.0 Å². The van der Waals surface area contributed by atoms with Crippen LogP contribution in [0.2, 0.25) is 0 Å². The Morgan fingerprint density at radius 2 is 1.27 bits per heavy atom. The Hall–Kier alpha value is -2.92. The summed E-state index contributed by atoms with van der Waals surface area (Å²) in [5.74, 6) is 0. The zero-order valence-electron chi connectivity index (χ0n) is 14.6. The van der Waals surface area contributed by atoms with Gasteiger partial charge in [-0.15, -0.1) is 5.10 Å². The molecule has 0 aromatic heterocycles. The number of benzene rings is 3. The highest BCUT2D eigenvalue weighted by atomic mass is 32.2. The molecule has 3 aromatic carbocycles. The van der Waals surface area contributed by atoms with Gasteiger partial charge in [0.15, 0.2) is 0 Å². The Balaban J connectivity index is 1.70. The fraction of sp³-hybridized carbons (Fsp3) is 0.0952. The third kappa shape index (κ3) is 3.53. The lowest BCUT2D eigenvalue weighted by atomic mass is 10.3. The van der Waals surface area contributed by atoms with Crippen LogP contribution in [0.25, 0.3) is 0 Å². The quantitative estimate of drug-likeness (QED) is 0.664. The summed E-state index contributed by atoms with van der Waals surface area (Å²) in [6.07, 6.45) is 0. The molecule has 4 rings (SSSR count). The summed E-state index contributed by atoms with van der Waals surface area (Å²) in [5.41, 5.74) is 2.21. The molecule has 1 heterocycles. The first-order valence-corrected chi connectivity index (χ1v) is 9.33. The van der Waals surface area contributed by atoms with Gasteiger partial charge in [0.05, 0.1) is 11.4 Å². The maximum Gasteiger partial charge on any atom is 0.206 e. The summed E-state index contributed by atoms with van der Waals surface area (Å²) < 4.78 is 0. The van der Waals surface area contributed by atoms with E-state index in [1.54, 1.807) is 11.8 Å². The van der Waals surface area contributed by atoms with Crippen molar-refractivity contribution in [2.45, 2.75) is 4.90 Å². The van der Waals surface area contributed by atoms with Crippen LogP contribution in [0, 0.1) is 0 Å². The second kappa shape index (κ2) is 7.54. The average molecular weight is 360 g/mol. The van der Waals surface area contributed by atoms with Gasteiger partial charge in [-0.05, 0) is 48.2 Å². The predicted octanol–water partition coefficient (Wildman–Crippen LogP) is 4.88. The molecule has 4 nitrogen and oxygen atoms in total. The molecular weight excluding hydrogens is 340 g/mol. The lowest BCUT2D eigenvalue weighted by Crippen LogP contribution is -2.52. The van der Waals surface area contributed by atoms with E-state index in [0.29, 0.717) is 6.67 Å². The molecule has 5 heteroatoms.